The van der Waals surface area contributed by atoms with E-state index in [-0.39, 0.29) is 29.9 Å². The van der Waals surface area contributed by atoms with Crippen LogP contribution in [0.1, 0.15) is 19.8 Å². The van der Waals surface area contributed by atoms with E-state index in [1.807, 2.05) is 6.92 Å². The maximum absolute atomic E-state index is 13.2. The van der Waals surface area contributed by atoms with Gasteiger partial charge in [0.25, 0.3) is 0 Å². The molecular weight excluding hydrogens is 286 g/mol. The number of piperidine rings is 1. The van der Waals surface area contributed by atoms with Gasteiger partial charge in [0, 0.05) is 25.2 Å². The summed E-state index contributed by atoms with van der Waals surface area (Å²) in [7, 11) is -3.88. The Kier molecular flexibility index (Phi) is 4.41. The Morgan fingerprint density at radius 3 is 2.45 bits per heavy atom. The largest absolute Gasteiger partial charge is 0.327 e. The van der Waals surface area contributed by atoms with E-state index >= 15 is 0 Å². The first-order valence-corrected chi connectivity index (χ1v) is 8.00. The third kappa shape index (κ3) is 2.99. The number of sulfonamides is 1. The van der Waals surface area contributed by atoms with E-state index in [1.165, 1.54) is 4.31 Å². The predicted molar refractivity (Wildman–Crippen MR) is 71.5 cm³/mol. The molecule has 1 aromatic carbocycles. The van der Waals surface area contributed by atoms with Crippen molar-refractivity contribution in [3.8, 4) is 0 Å². The van der Waals surface area contributed by atoms with Crippen molar-refractivity contribution >= 4 is 10.0 Å². The minimum atomic E-state index is -3.88. The van der Waals surface area contributed by atoms with E-state index < -0.39 is 21.7 Å². The zero-order chi connectivity index (χ0) is 14.9. The molecule has 2 rings (SSSR count). The fourth-order valence-electron chi connectivity index (χ4n) is 2.49. The summed E-state index contributed by atoms with van der Waals surface area (Å²) in [6.07, 6.45) is 1.32. The van der Waals surface area contributed by atoms with Crippen LogP contribution in [-0.4, -0.2) is 31.9 Å². The third-order valence-electron chi connectivity index (χ3n) is 3.75. The zero-order valence-corrected chi connectivity index (χ0v) is 12.0. The van der Waals surface area contributed by atoms with Crippen LogP contribution < -0.4 is 5.73 Å². The highest BCUT2D eigenvalue weighted by molar-refractivity contribution is 7.89. The summed E-state index contributed by atoms with van der Waals surface area (Å²) < 4.78 is 52.5. The zero-order valence-electron chi connectivity index (χ0n) is 11.2. The Labute approximate surface area is 117 Å². The molecule has 0 aromatic heterocycles. The van der Waals surface area contributed by atoms with Crippen LogP contribution >= 0.6 is 0 Å². The highest BCUT2D eigenvalue weighted by Crippen LogP contribution is 2.25. The smallest absolute Gasteiger partial charge is 0.243 e. The minimum Gasteiger partial charge on any atom is -0.327 e. The van der Waals surface area contributed by atoms with Crippen LogP contribution in [-0.2, 0) is 10.0 Å². The summed E-state index contributed by atoms with van der Waals surface area (Å²) in [4.78, 5) is -0.347. The maximum atomic E-state index is 13.2. The van der Waals surface area contributed by atoms with Crippen molar-refractivity contribution in [3.05, 3.63) is 29.8 Å². The summed E-state index contributed by atoms with van der Waals surface area (Å²) in [6.45, 7) is 2.51. The summed E-state index contributed by atoms with van der Waals surface area (Å²) in [5.74, 6) is -1.73. The lowest BCUT2D eigenvalue weighted by Gasteiger charge is -2.35. The molecule has 1 aliphatic heterocycles. The lowest BCUT2D eigenvalue weighted by Crippen LogP contribution is -2.48. The van der Waals surface area contributed by atoms with Crippen molar-refractivity contribution in [2.24, 2.45) is 11.7 Å². The molecular formula is C13H18F2N2O2S. The number of rotatable bonds is 3. The number of nitrogens with two attached hydrogens (primary N) is 1. The topological polar surface area (TPSA) is 63.4 Å². The lowest BCUT2D eigenvalue weighted by atomic mass is 9.92. The maximum Gasteiger partial charge on any atom is 0.243 e. The monoisotopic (exact) mass is 304 g/mol. The summed E-state index contributed by atoms with van der Waals surface area (Å²) in [5.41, 5.74) is 5.94. The second-order valence-corrected chi connectivity index (χ2v) is 7.03. The van der Waals surface area contributed by atoms with Crippen LogP contribution in [0.5, 0.6) is 0 Å². The highest BCUT2D eigenvalue weighted by atomic mass is 32.2. The average Bonchev–Trinajstić information content (AvgIpc) is 2.37. The Balaban J connectivity index is 2.30. The third-order valence-corrected chi connectivity index (χ3v) is 5.60. The Morgan fingerprint density at radius 1 is 1.30 bits per heavy atom. The summed E-state index contributed by atoms with van der Waals surface area (Å²) in [6, 6.07) is 2.30. The standard InChI is InChI=1S/C13H18F2N2O2S/c1-2-9-8-17(4-3-13(9)16)20(18,19)12-6-10(14)5-11(15)7-12/h5-7,9,13H,2-4,8,16H2,1H3. The van der Waals surface area contributed by atoms with Gasteiger partial charge in [-0.25, -0.2) is 17.2 Å². The Hall–Kier alpha value is -1.05. The number of halogens is 2. The number of benzene rings is 1. The molecule has 0 aliphatic carbocycles. The van der Waals surface area contributed by atoms with E-state index in [0.717, 1.165) is 18.6 Å². The molecule has 2 N–H and O–H groups in total. The van der Waals surface area contributed by atoms with Gasteiger partial charge >= 0.3 is 0 Å². The fourth-order valence-corrected chi connectivity index (χ4v) is 4.05. The van der Waals surface area contributed by atoms with Gasteiger partial charge in [-0.1, -0.05) is 13.3 Å². The van der Waals surface area contributed by atoms with Gasteiger partial charge in [0.05, 0.1) is 4.90 Å². The Morgan fingerprint density at radius 2 is 1.90 bits per heavy atom. The Bertz CT molecular complexity index is 572. The molecule has 0 saturated carbocycles. The molecule has 1 saturated heterocycles. The molecule has 112 valence electrons. The normalized spacial score (nSPS) is 24.8. The second-order valence-electron chi connectivity index (χ2n) is 5.09. The van der Waals surface area contributed by atoms with Crippen LogP contribution in [0.2, 0.25) is 0 Å². The van der Waals surface area contributed by atoms with Crippen LogP contribution in [0.3, 0.4) is 0 Å². The van der Waals surface area contributed by atoms with Crippen molar-refractivity contribution < 1.29 is 17.2 Å². The molecule has 0 spiro atoms. The number of nitrogens with zero attached hydrogens (tertiary/aromatic N) is 1. The van der Waals surface area contributed by atoms with E-state index in [0.29, 0.717) is 12.5 Å². The van der Waals surface area contributed by atoms with Crippen molar-refractivity contribution in [2.75, 3.05) is 13.1 Å². The number of hydrogen-bond donors (Lipinski definition) is 1. The van der Waals surface area contributed by atoms with Crippen LogP contribution in [0.4, 0.5) is 8.78 Å². The molecule has 1 aliphatic rings. The fraction of sp³-hybridized carbons (Fsp3) is 0.538. The average molecular weight is 304 g/mol. The molecule has 0 radical (unpaired) electrons. The van der Waals surface area contributed by atoms with Gasteiger partial charge in [-0.3, -0.25) is 0 Å². The van der Waals surface area contributed by atoms with Gasteiger partial charge in [0.1, 0.15) is 11.6 Å². The molecule has 1 aromatic rings. The van der Waals surface area contributed by atoms with Gasteiger partial charge in [0.2, 0.25) is 10.0 Å². The quantitative estimate of drug-likeness (QED) is 0.924. The van der Waals surface area contributed by atoms with Gasteiger partial charge in [-0.2, -0.15) is 4.31 Å². The minimum absolute atomic E-state index is 0.0318. The molecule has 7 heteroatoms. The highest BCUT2D eigenvalue weighted by Gasteiger charge is 2.33. The lowest BCUT2D eigenvalue weighted by molar-refractivity contribution is 0.230. The van der Waals surface area contributed by atoms with Gasteiger partial charge in [-0.15, -0.1) is 0 Å². The van der Waals surface area contributed by atoms with E-state index in [9.17, 15) is 17.2 Å². The molecule has 0 bridgehead atoms. The van der Waals surface area contributed by atoms with Crippen LogP contribution in [0.15, 0.2) is 23.1 Å². The summed E-state index contributed by atoms with van der Waals surface area (Å²) in [5, 5.41) is 0. The molecule has 4 nitrogen and oxygen atoms in total. The van der Waals surface area contributed by atoms with Gasteiger partial charge in [-0.05, 0) is 24.5 Å². The van der Waals surface area contributed by atoms with Crippen molar-refractivity contribution in [2.45, 2.75) is 30.7 Å². The molecule has 1 fully saturated rings. The molecule has 20 heavy (non-hydrogen) atoms. The van der Waals surface area contributed by atoms with E-state index in [1.54, 1.807) is 0 Å². The SMILES string of the molecule is CCC1CN(S(=O)(=O)c2cc(F)cc(F)c2)CCC1N. The first kappa shape index (κ1) is 15.3. The molecule has 1 heterocycles. The van der Waals surface area contributed by atoms with Gasteiger partial charge in [0.15, 0.2) is 0 Å². The van der Waals surface area contributed by atoms with Crippen LogP contribution in [0.25, 0.3) is 0 Å². The first-order valence-electron chi connectivity index (χ1n) is 6.56. The van der Waals surface area contributed by atoms with Crippen LogP contribution in [0, 0.1) is 17.6 Å². The predicted octanol–water partition coefficient (Wildman–Crippen LogP) is 1.71. The first-order chi connectivity index (χ1) is 9.34. The second kappa shape index (κ2) is 5.75. The van der Waals surface area contributed by atoms with E-state index in [2.05, 4.69) is 0 Å². The summed E-state index contributed by atoms with van der Waals surface area (Å²) >= 11 is 0. The molecule has 2 unspecified atom stereocenters. The number of hydrogen-bond acceptors (Lipinski definition) is 3. The van der Waals surface area contributed by atoms with Crippen molar-refractivity contribution in [1.29, 1.82) is 0 Å². The van der Waals surface area contributed by atoms with Gasteiger partial charge < -0.3 is 5.73 Å². The van der Waals surface area contributed by atoms with Crippen molar-refractivity contribution in [1.82, 2.24) is 4.31 Å². The van der Waals surface area contributed by atoms with Crippen molar-refractivity contribution in [3.63, 3.8) is 0 Å². The molecule has 0 amide bonds. The van der Waals surface area contributed by atoms with E-state index in [4.69, 9.17) is 5.73 Å². The molecule has 2 atom stereocenters.